The number of nitrogens with one attached hydrogen (secondary N) is 2. The number of hydrogen-bond donors (Lipinski definition) is 2. The summed E-state index contributed by atoms with van der Waals surface area (Å²) in [5, 5.41) is 9.12. The van der Waals surface area contributed by atoms with Crippen LogP contribution in [0.5, 0.6) is 5.75 Å². The van der Waals surface area contributed by atoms with Crippen molar-refractivity contribution < 1.29 is 14.3 Å². The summed E-state index contributed by atoms with van der Waals surface area (Å²) in [6.07, 6.45) is 1.28. The SMILES string of the molecule is N#Cc1ccc(OCC(=O)NNC(=O)Cn2cnc3ccccc3c2=O)cc1. The van der Waals surface area contributed by atoms with Crippen LogP contribution >= 0.6 is 0 Å². The molecule has 9 heteroatoms. The lowest BCUT2D eigenvalue weighted by atomic mass is 10.2. The van der Waals surface area contributed by atoms with E-state index in [1.165, 1.54) is 6.33 Å². The molecular weight excluding hydrogens is 362 g/mol. The minimum atomic E-state index is -0.592. The van der Waals surface area contributed by atoms with Gasteiger partial charge in [-0.2, -0.15) is 5.26 Å². The summed E-state index contributed by atoms with van der Waals surface area (Å²) in [7, 11) is 0. The Morgan fingerprint density at radius 1 is 1.07 bits per heavy atom. The van der Waals surface area contributed by atoms with Crippen molar-refractivity contribution in [2.75, 3.05) is 6.61 Å². The molecule has 1 aromatic heterocycles. The van der Waals surface area contributed by atoms with Gasteiger partial charge < -0.3 is 4.74 Å². The molecular formula is C19H15N5O4. The second-order valence-corrected chi connectivity index (χ2v) is 5.72. The quantitative estimate of drug-likeness (QED) is 0.624. The molecule has 2 aromatic carbocycles. The molecule has 0 spiro atoms. The zero-order valence-corrected chi connectivity index (χ0v) is 14.6. The van der Waals surface area contributed by atoms with E-state index in [1.54, 1.807) is 48.5 Å². The molecule has 2 N–H and O–H groups in total. The van der Waals surface area contributed by atoms with Crippen molar-refractivity contribution in [1.29, 1.82) is 5.26 Å². The van der Waals surface area contributed by atoms with Crippen molar-refractivity contribution in [3.63, 3.8) is 0 Å². The third kappa shape index (κ3) is 4.50. The van der Waals surface area contributed by atoms with E-state index in [-0.39, 0.29) is 18.7 Å². The minimum Gasteiger partial charge on any atom is -0.484 e. The van der Waals surface area contributed by atoms with Gasteiger partial charge >= 0.3 is 0 Å². The molecule has 0 aliphatic carbocycles. The maximum absolute atomic E-state index is 12.3. The molecule has 140 valence electrons. The second kappa shape index (κ2) is 8.46. The Morgan fingerprint density at radius 3 is 2.54 bits per heavy atom. The normalized spacial score (nSPS) is 10.1. The Kier molecular flexibility index (Phi) is 5.62. The number of hydrazine groups is 1. The molecule has 0 saturated heterocycles. The van der Waals surface area contributed by atoms with Crippen LogP contribution < -0.4 is 21.1 Å². The van der Waals surface area contributed by atoms with Gasteiger partial charge in [0.05, 0.1) is 28.9 Å². The molecule has 3 aromatic rings. The largest absolute Gasteiger partial charge is 0.484 e. The van der Waals surface area contributed by atoms with Gasteiger partial charge in [0, 0.05) is 0 Å². The number of fused-ring (bicyclic) bond motifs is 1. The molecule has 0 aliphatic rings. The smallest absolute Gasteiger partial charge is 0.276 e. The van der Waals surface area contributed by atoms with Gasteiger partial charge in [-0.25, -0.2) is 4.98 Å². The number of ether oxygens (including phenoxy) is 1. The van der Waals surface area contributed by atoms with Crippen molar-refractivity contribution in [2.45, 2.75) is 6.54 Å². The van der Waals surface area contributed by atoms with Crippen molar-refractivity contribution in [3.05, 3.63) is 70.8 Å². The summed E-state index contributed by atoms with van der Waals surface area (Å²) >= 11 is 0. The lowest BCUT2D eigenvalue weighted by Crippen LogP contribution is -2.45. The van der Waals surface area contributed by atoms with E-state index >= 15 is 0 Å². The summed E-state index contributed by atoms with van der Waals surface area (Å²) in [5.74, 6) is -0.762. The van der Waals surface area contributed by atoms with Crippen LogP contribution in [0, 0.1) is 11.3 Å². The van der Waals surface area contributed by atoms with Crippen LogP contribution in [-0.4, -0.2) is 28.0 Å². The van der Waals surface area contributed by atoms with Crippen molar-refractivity contribution >= 4 is 22.7 Å². The lowest BCUT2D eigenvalue weighted by Gasteiger charge is -2.10. The molecule has 0 bridgehead atoms. The Labute approximate surface area is 159 Å². The van der Waals surface area contributed by atoms with Crippen LogP contribution in [-0.2, 0) is 16.1 Å². The number of para-hydroxylation sites is 1. The molecule has 3 rings (SSSR count). The lowest BCUT2D eigenvalue weighted by molar-refractivity contribution is -0.130. The Balaban J connectivity index is 1.50. The summed E-state index contributed by atoms with van der Waals surface area (Å²) in [6.45, 7) is -0.628. The number of nitrogens with zero attached hydrogens (tertiary/aromatic N) is 3. The standard InChI is InChI=1S/C19H15N5O4/c20-9-13-5-7-14(8-6-13)28-11-18(26)23-22-17(25)10-24-12-21-16-4-2-1-3-15(16)19(24)27/h1-8,12H,10-11H2,(H,22,25)(H,23,26). The third-order valence-electron chi connectivity index (χ3n) is 3.74. The maximum atomic E-state index is 12.3. The highest BCUT2D eigenvalue weighted by molar-refractivity contribution is 5.83. The first kappa shape index (κ1) is 18.6. The van der Waals surface area contributed by atoms with Crippen LogP contribution in [0.15, 0.2) is 59.7 Å². The van der Waals surface area contributed by atoms with Crippen molar-refractivity contribution in [3.8, 4) is 11.8 Å². The van der Waals surface area contributed by atoms with E-state index in [4.69, 9.17) is 10.00 Å². The second-order valence-electron chi connectivity index (χ2n) is 5.72. The van der Waals surface area contributed by atoms with E-state index in [2.05, 4.69) is 15.8 Å². The number of aromatic nitrogens is 2. The number of carbonyl (C=O) groups excluding carboxylic acids is 2. The van der Waals surface area contributed by atoms with Crippen LogP contribution in [0.25, 0.3) is 10.9 Å². The van der Waals surface area contributed by atoms with Gasteiger partial charge in [0.15, 0.2) is 6.61 Å². The monoisotopic (exact) mass is 377 g/mol. The number of nitriles is 1. The third-order valence-corrected chi connectivity index (χ3v) is 3.74. The number of benzene rings is 2. The Morgan fingerprint density at radius 2 is 1.79 bits per heavy atom. The summed E-state index contributed by atoms with van der Waals surface area (Å²) in [4.78, 5) is 40.2. The molecule has 0 atom stereocenters. The van der Waals surface area contributed by atoms with Crippen molar-refractivity contribution in [1.82, 2.24) is 20.4 Å². The highest BCUT2D eigenvalue weighted by atomic mass is 16.5. The van der Waals surface area contributed by atoms with Crippen LogP contribution in [0.2, 0.25) is 0 Å². The van der Waals surface area contributed by atoms with Crippen LogP contribution in [0.4, 0.5) is 0 Å². The van der Waals surface area contributed by atoms with Crippen molar-refractivity contribution in [2.24, 2.45) is 0 Å². The summed E-state index contributed by atoms with van der Waals surface area (Å²) in [5.41, 5.74) is 5.08. The molecule has 0 radical (unpaired) electrons. The Bertz CT molecular complexity index is 1120. The van der Waals surface area contributed by atoms with E-state index in [0.29, 0.717) is 22.2 Å². The van der Waals surface area contributed by atoms with Gasteiger partial charge in [-0.1, -0.05) is 12.1 Å². The number of amides is 2. The number of hydrogen-bond acceptors (Lipinski definition) is 6. The first-order chi connectivity index (χ1) is 13.6. The predicted octanol–water partition coefficient (Wildman–Crippen LogP) is 0.495. The molecule has 1 heterocycles. The highest BCUT2D eigenvalue weighted by Crippen LogP contribution is 2.11. The zero-order valence-electron chi connectivity index (χ0n) is 14.6. The predicted molar refractivity (Wildman–Crippen MR) is 98.9 cm³/mol. The van der Waals surface area contributed by atoms with E-state index in [9.17, 15) is 14.4 Å². The molecule has 0 saturated carbocycles. The van der Waals surface area contributed by atoms with E-state index < -0.39 is 11.8 Å². The summed E-state index contributed by atoms with van der Waals surface area (Å²) in [6, 6.07) is 15.0. The average Bonchev–Trinajstić information content (AvgIpc) is 2.73. The van der Waals surface area contributed by atoms with E-state index in [0.717, 1.165) is 4.57 Å². The average molecular weight is 377 g/mol. The number of carbonyl (C=O) groups is 2. The maximum Gasteiger partial charge on any atom is 0.276 e. The first-order valence-electron chi connectivity index (χ1n) is 8.21. The van der Waals surface area contributed by atoms with Gasteiger partial charge in [-0.15, -0.1) is 0 Å². The Hall–Kier alpha value is -4.19. The molecule has 2 amide bonds. The highest BCUT2D eigenvalue weighted by Gasteiger charge is 2.09. The van der Waals surface area contributed by atoms with Gasteiger partial charge in [0.2, 0.25) is 0 Å². The minimum absolute atomic E-state index is 0.298. The van der Waals surface area contributed by atoms with Crippen LogP contribution in [0.1, 0.15) is 5.56 Å². The molecule has 0 fully saturated rings. The van der Waals surface area contributed by atoms with Gasteiger partial charge in [-0.05, 0) is 36.4 Å². The van der Waals surface area contributed by atoms with Gasteiger partial charge in [0.1, 0.15) is 12.3 Å². The molecule has 0 aliphatic heterocycles. The van der Waals surface area contributed by atoms with Gasteiger partial charge in [0.25, 0.3) is 17.4 Å². The van der Waals surface area contributed by atoms with E-state index in [1.807, 2.05) is 6.07 Å². The molecule has 28 heavy (non-hydrogen) atoms. The first-order valence-corrected chi connectivity index (χ1v) is 8.21. The fraction of sp³-hybridized carbons (Fsp3) is 0.105. The fourth-order valence-electron chi connectivity index (χ4n) is 2.36. The molecule has 9 nitrogen and oxygen atoms in total. The number of rotatable bonds is 5. The topological polar surface area (TPSA) is 126 Å². The fourth-order valence-corrected chi connectivity index (χ4v) is 2.36. The summed E-state index contributed by atoms with van der Waals surface area (Å²) < 4.78 is 6.40. The van der Waals surface area contributed by atoms with Crippen LogP contribution in [0.3, 0.4) is 0 Å². The van der Waals surface area contributed by atoms with Gasteiger partial charge in [-0.3, -0.25) is 29.8 Å². The molecule has 0 unspecified atom stereocenters. The zero-order chi connectivity index (χ0) is 19.9.